The number of rotatable bonds is 5. The molecule has 10 heteroatoms. The number of hydrogen-bond acceptors (Lipinski definition) is 4. The molecule has 1 aliphatic carbocycles. The molecule has 3 rings (SSSR count). The number of carbonyl (C=O) groups excluding carboxylic acids is 2. The molecule has 0 aromatic heterocycles. The molecule has 1 aromatic rings. The number of nitrogens with zero attached hydrogens (tertiary/aromatic N) is 1. The first-order valence-corrected chi connectivity index (χ1v) is 10.4. The van der Waals surface area contributed by atoms with Crippen molar-refractivity contribution in [2.45, 2.75) is 23.8 Å². The molecule has 0 radical (unpaired) electrons. The van der Waals surface area contributed by atoms with Crippen molar-refractivity contribution in [2.24, 2.45) is 0 Å². The highest BCUT2D eigenvalue weighted by molar-refractivity contribution is 7.89. The second-order valence-electron chi connectivity index (χ2n) is 6.56. The number of amides is 3. The number of hydrogen-bond donors (Lipinski definition) is 3. The average molecular weight is 402 g/mol. The molecule has 8 nitrogen and oxygen atoms in total. The Morgan fingerprint density at radius 2 is 1.85 bits per heavy atom. The molecule has 0 atom stereocenters. The van der Waals surface area contributed by atoms with Crippen molar-refractivity contribution >= 4 is 33.6 Å². The smallest absolute Gasteiger partial charge is 0.321 e. The molecule has 1 aromatic carbocycles. The predicted octanol–water partition coefficient (Wildman–Crippen LogP) is -0.783. The molecule has 3 N–H and O–H groups in total. The maximum absolute atomic E-state index is 12.7. The van der Waals surface area contributed by atoms with E-state index in [9.17, 15) is 18.0 Å². The molecule has 0 bridgehead atoms. The topological polar surface area (TPSA) is 100 Å². The highest BCUT2D eigenvalue weighted by atomic mass is 35.5. The van der Waals surface area contributed by atoms with Crippen molar-refractivity contribution in [2.75, 3.05) is 32.7 Å². The molecule has 1 heterocycles. The molecule has 1 saturated heterocycles. The van der Waals surface area contributed by atoms with E-state index in [1.165, 1.54) is 10.4 Å². The van der Waals surface area contributed by atoms with Crippen LogP contribution in [0, 0.1) is 0 Å². The van der Waals surface area contributed by atoms with E-state index in [0.29, 0.717) is 26.2 Å². The van der Waals surface area contributed by atoms with Crippen LogP contribution in [0.3, 0.4) is 0 Å². The molecule has 0 unspecified atom stereocenters. The third-order valence-electron chi connectivity index (χ3n) is 4.46. The van der Waals surface area contributed by atoms with Gasteiger partial charge in [0, 0.05) is 6.04 Å². The largest absolute Gasteiger partial charge is 0.335 e. The van der Waals surface area contributed by atoms with Crippen molar-refractivity contribution in [1.82, 2.24) is 14.9 Å². The number of nitrogens with one attached hydrogen (secondary N) is 3. The molecule has 2 aliphatic rings. The van der Waals surface area contributed by atoms with Gasteiger partial charge in [0.2, 0.25) is 10.0 Å². The number of piperazine rings is 1. The van der Waals surface area contributed by atoms with Crippen molar-refractivity contribution in [3.05, 3.63) is 29.3 Å². The second-order valence-corrected chi connectivity index (χ2v) is 8.87. The zero-order valence-corrected chi connectivity index (χ0v) is 15.8. The van der Waals surface area contributed by atoms with E-state index in [4.69, 9.17) is 11.6 Å². The van der Waals surface area contributed by atoms with Gasteiger partial charge in [-0.15, -0.1) is 0 Å². The Kier molecular flexibility index (Phi) is 5.81. The van der Waals surface area contributed by atoms with Crippen LogP contribution in [-0.2, 0) is 14.8 Å². The first kappa shape index (κ1) is 19.1. The van der Waals surface area contributed by atoms with E-state index in [2.05, 4.69) is 10.6 Å². The predicted molar refractivity (Wildman–Crippen MR) is 95.5 cm³/mol. The van der Waals surface area contributed by atoms with Gasteiger partial charge in [-0.1, -0.05) is 23.7 Å². The lowest BCUT2D eigenvalue weighted by Crippen LogP contribution is -3.15. The number of benzene rings is 1. The minimum absolute atomic E-state index is 0.0969. The van der Waals surface area contributed by atoms with Crippen LogP contribution in [0.15, 0.2) is 29.2 Å². The SMILES string of the molecule is O=C(C[NH+]1CCN(S(=O)(=O)c2ccccc2Cl)CC1)NC(=O)NC1CC1. The van der Waals surface area contributed by atoms with Crippen LogP contribution in [0.5, 0.6) is 0 Å². The molecule has 26 heavy (non-hydrogen) atoms. The van der Waals surface area contributed by atoms with Gasteiger partial charge in [-0.2, -0.15) is 4.31 Å². The summed E-state index contributed by atoms with van der Waals surface area (Å²) in [6.45, 7) is 1.70. The van der Waals surface area contributed by atoms with Crippen molar-refractivity contribution in [3.8, 4) is 0 Å². The maximum atomic E-state index is 12.7. The number of quaternary nitrogens is 1. The molecule has 2 fully saturated rings. The number of sulfonamides is 1. The molecule has 142 valence electrons. The number of urea groups is 1. The van der Waals surface area contributed by atoms with Crippen LogP contribution in [0.25, 0.3) is 0 Å². The van der Waals surface area contributed by atoms with Gasteiger partial charge in [-0.3, -0.25) is 10.1 Å². The third-order valence-corrected chi connectivity index (χ3v) is 6.86. The minimum Gasteiger partial charge on any atom is -0.335 e. The van der Waals surface area contributed by atoms with E-state index in [0.717, 1.165) is 17.7 Å². The van der Waals surface area contributed by atoms with E-state index in [1.54, 1.807) is 18.2 Å². The van der Waals surface area contributed by atoms with Crippen molar-refractivity contribution in [3.63, 3.8) is 0 Å². The third kappa shape index (κ3) is 4.73. The van der Waals surface area contributed by atoms with Gasteiger partial charge in [0.15, 0.2) is 6.54 Å². The lowest BCUT2D eigenvalue weighted by atomic mass is 10.3. The summed E-state index contributed by atoms with van der Waals surface area (Å²) in [7, 11) is -3.65. The van der Waals surface area contributed by atoms with E-state index >= 15 is 0 Å². The Morgan fingerprint density at radius 1 is 1.19 bits per heavy atom. The average Bonchev–Trinajstić information content (AvgIpc) is 3.39. The van der Waals surface area contributed by atoms with Crippen molar-refractivity contribution in [1.29, 1.82) is 0 Å². The van der Waals surface area contributed by atoms with Crippen LogP contribution < -0.4 is 15.5 Å². The Labute approximate surface area is 157 Å². The first-order valence-electron chi connectivity index (χ1n) is 8.55. The van der Waals surface area contributed by atoms with Gasteiger partial charge >= 0.3 is 6.03 Å². The zero-order chi connectivity index (χ0) is 18.7. The van der Waals surface area contributed by atoms with Gasteiger partial charge in [0.05, 0.1) is 31.2 Å². The maximum Gasteiger partial charge on any atom is 0.321 e. The molecule has 0 spiro atoms. The summed E-state index contributed by atoms with van der Waals surface area (Å²) in [5.41, 5.74) is 0. The summed E-state index contributed by atoms with van der Waals surface area (Å²) in [4.78, 5) is 24.5. The molecule has 1 aliphatic heterocycles. The zero-order valence-electron chi connectivity index (χ0n) is 14.2. The standard InChI is InChI=1S/C16H21ClN4O4S/c17-13-3-1-2-4-14(13)26(24,25)21-9-7-20(8-10-21)11-15(22)19-16(23)18-12-5-6-12/h1-4,12H,5-11H2,(H2,18,19,22,23)/p+1. The number of halogens is 1. The molecular formula is C16H22ClN4O4S+. The Balaban J connectivity index is 1.50. The van der Waals surface area contributed by atoms with Gasteiger partial charge in [-0.25, -0.2) is 13.2 Å². The van der Waals surface area contributed by atoms with E-state index in [-0.39, 0.29) is 28.4 Å². The molecule has 3 amide bonds. The van der Waals surface area contributed by atoms with Gasteiger partial charge in [-0.05, 0) is 25.0 Å². The van der Waals surface area contributed by atoms with Gasteiger partial charge < -0.3 is 10.2 Å². The van der Waals surface area contributed by atoms with Crippen LogP contribution >= 0.6 is 11.6 Å². The monoisotopic (exact) mass is 401 g/mol. The second kappa shape index (κ2) is 7.91. The van der Waals surface area contributed by atoms with Crippen LogP contribution in [0.4, 0.5) is 4.79 Å². The molecular weight excluding hydrogens is 380 g/mol. The molecule has 1 saturated carbocycles. The lowest BCUT2D eigenvalue weighted by molar-refractivity contribution is -0.895. The summed E-state index contributed by atoms with van der Waals surface area (Å²) in [6, 6.07) is 6.08. The fourth-order valence-electron chi connectivity index (χ4n) is 2.86. The fourth-order valence-corrected chi connectivity index (χ4v) is 4.79. The minimum atomic E-state index is -3.65. The summed E-state index contributed by atoms with van der Waals surface area (Å²) in [5.74, 6) is -0.361. The van der Waals surface area contributed by atoms with E-state index in [1.807, 2.05) is 0 Å². The highest BCUT2D eigenvalue weighted by Crippen LogP contribution is 2.24. The lowest BCUT2D eigenvalue weighted by Gasteiger charge is -2.31. The first-order chi connectivity index (χ1) is 12.4. The quantitative estimate of drug-likeness (QED) is 0.602. The van der Waals surface area contributed by atoms with Crippen LogP contribution in [0.1, 0.15) is 12.8 Å². The van der Waals surface area contributed by atoms with Crippen molar-refractivity contribution < 1.29 is 22.9 Å². The summed E-state index contributed by atoms with van der Waals surface area (Å²) < 4.78 is 26.8. The summed E-state index contributed by atoms with van der Waals surface area (Å²) in [6.07, 6.45) is 1.91. The Morgan fingerprint density at radius 3 is 2.46 bits per heavy atom. The van der Waals surface area contributed by atoms with Gasteiger partial charge in [0.1, 0.15) is 4.90 Å². The van der Waals surface area contributed by atoms with Crippen LogP contribution in [-0.4, -0.2) is 63.4 Å². The summed E-state index contributed by atoms with van der Waals surface area (Å²) >= 11 is 6.01. The Bertz CT molecular complexity index is 789. The normalized spacial score (nSPS) is 19.1. The Hall–Kier alpha value is -1.68. The van der Waals surface area contributed by atoms with Crippen LogP contribution in [0.2, 0.25) is 5.02 Å². The fraction of sp³-hybridized carbons (Fsp3) is 0.500. The van der Waals surface area contributed by atoms with E-state index < -0.39 is 16.1 Å². The van der Waals surface area contributed by atoms with Gasteiger partial charge in [0.25, 0.3) is 5.91 Å². The number of imide groups is 1. The summed E-state index contributed by atoms with van der Waals surface area (Å²) in [5, 5.41) is 5.20. The number of carbonyl (C=O) groups is 2. The highest BCUT2D eigenvalue weighted by Gasteiger charge is 2.32.